The van der Waals surface area contributed by atoms with Gasteiger partial charge in [0.25, 0.3) is 5.95 Å². The molecule has 94 valence electrons. The van der Waals surface area contributed by atoms with Crippen LogP contribution in [0.4, 0.5) is 5.95 Å². The average molecular weight is 330 g/mol. The van der Waals surface area contributed by atoms with Crippen molar-refractivity contribution < 1.29 is 4.79 Å². The molecule has 18 heavy (non-hydrogen) atoms. The number of rotatable bonds is 2. The van der Waals surface area contributed by atoms with Crippen LogP contribution in [-0.4, -0.2) is 32.4 Å². The highest BCUT2D eigenvalue weighted by Gasteiger charge is 2.32. The first kappa shape index (κ1) is 11.9. The van der Waals surface area contributed by atoms with E-state index in [-0.39, 0.29) is 5.91 Å². The molecule has 5 nitrogen and oxygen atoms in total. The van der Waals surface area contributed by atoms with Gasteiger partial charge in [0, 0.05) is 24.5 Å². The zero-order valence-electron chi connectivity index (χ0n) is 9.38. The van der Waals surface area contributed by atoms with Crippen LogP contribution in [0.3, 0.4) is 0 Å². The van der Waals surface area contributed by atoms with Gasteiger partial charge < -0.3 is 0 Å². The van der Waals surface area contributed by atoms with Gasteiger partial charge in [0.15, 0.2) is 5.65 Å². The van der Waals surface area contributed by atoms with Crippen molar-refractivity contribution in [3.05, 3.63) is 23.4 Å². The summed E-state index contributed by atoms with van der Waals surface area (Å²) in [6.45, 7) is 0.651. The van der Waals surface area contributed by atoms with Crippen LogP contribution in [0.15, 0.2) is 18.3 Å². The number of fused-ring (bicyclic) bond motifs is 1. The van der Waals surface area contributed by atoms with Crippen LogP contribution in [-0.2, 0) is 4.79 Å². The summed E-state index contributed by atoms with van der Waals surface area (Å²) in [5, 5.41) is 5.62. The Morgan fingerprint density at radius 2 is 2.39 bits per heavy atom. The highest BCUT2D eigenvalue weighted by atomic mass is 79.9. The first-order valence-electron chi connectivity index (χ1n) is 5.56. The van der Waals surface area contributed by atoms with Gasteiger partial charge in [0.1, 0.15) is 0 Å². The second-order valence-corrected chi connectivity index (χ2v) is 5.32. The topological polar surface area (TPSA) is 50.5 Å². The number of amides is 1. The van der Waals surface area contributed by atoms with Gasteiger partial charge in [-0.1, -0.05) is 27.5 Å². The normalized spacial score (nSPS) is 20.0. The average Bonchev–Trinajstić information content (AvgIpc) is 2.93. The molecule has 1 atom stereocenters. The molecule has 1 unspecified atom stereocenters. The van der Waals surface area contributed by atoms with Crippen molar-refractivity contribution in [3.8, 4) is 0 Å². The Bertz CT molecular complexity index is 614. The molecule has 1 saturated heterocycles. The van der Waals surface area contributed by atoms with Crippen LogP contribution in [0.25, 0.3) is 5.65 Å². The number of nitrogens with zero attached hydrogens (tertiary/aromatic N) is 4. The molecule has 0 radical (unpaired) electrons. The zero-order valence-corrected chi connectivity index (χ0v) is 11.7. The smallest absolute Gasteiger partial charge is 0.252 e. The second kappa shape index (κ2) is 4.51. The molecule has 0 spiro atoms. The number of pyridine rings is 1. The Morgan fingerprint density at radius 1 is 1.56 bits per heavy atom. The summed E-state index contributed by atoms with van der Waals surface area (Å²) in [7, 11) is 0. The van der Waals surface area contributed by atoms with Crippen molar-refractivity contribution in [3.63, 3.8) is 0 Å². The predicted molar refractivity (Wildman–Crippen MR) is 72.3 cm³/mol. The summed E-state index contributed by atoms with van der Waals surface area (Å²) in [6, 6.07) is 3.54. The van der Waals surface area contributed by atoms with Crippen LogP contribution in [0, 0.1) is 5.92 Å². The lowest BCUT2D eigenvalue weighted by Gasteiger charge is -2.10. The third kappa shape index (κ3) is 1.89. The lowest BCUT2D eigenvalue weighted by Crippen LogP contribution is -2.25. The first-order chi connectivity index (χ1) is 8.69. The van der Waals surface area contributed by atoms with Gasteiger partial charge in [0.2, 0.25) is 5.91 Å². The van der Waals surface area contributed by atoms with E-state index in [0.29, 0.717) is 35.5 Å². The fourth-order valence-corrected chi connectivity index (χ4v) is 2.69. The quantitative estimate of drug-likeness (QED) is 0.793. The second-order valence-electron chi connectivity index (χ2n) is 4.26. The van der Waals surface area contributed by atoms with E-state index in [2.05, 4.69) is 26.0 Å². The minimum Gasteiger partial charge on any atom is -0.279 e. The predicted octanol–water partition coefficient (Wildman–Crippen LogP) is 2.13. The summed E-state index contributed by atoms with van der Waals surface area (Å²) in [4.78, 5) is 17.8. The molecule has 0 aromatic carbocycles. The van der Waals surface area contributed by atoms with Gasteiger partial charge in [0.05, 0.1) is 5.02 Å². The maximum atomic E-state index is 11.9. The standard InChI is InChI=1S/C11H10BrClN4O/c12-5-7-4-9(18)16(6-7)11-14-10-8(13)2-1-3-17(10)15-11/h1-3,7H,4-6H2. The Labute approximate surface area is 117 Å². The number of aromatic nitrogens is 3. The van der Waals surface area contributed by atoms with Gasteiger partial charge >= 0.3 is 0 Å². The zero-order chi connectivity index (χ0) is 12.7. The number of carbonyl (C=O) groups excluding carboxylic acids is 1. The molecule has 0 N–H and O–H groups in total. The van der Waals surface area contributed by atoms with Gasteiger partial charge in [-0.2, -0.15) is 4.98 Å². The Balaban J connectivity index is 2.00. The summed E-state index contributed by atoms with van der Waals surface area (Å²) < 4.78 is 1.59. The Morgan fingerprint density at radius 3 is 3.06 bits per heavy atom. The molecule has 1 amide bonds. The lowest BCUT2D eigenvalue weighted by molar-refractivity contribution is -0.117. The molecule has 2 aromatic heterocycles. The minimum absolute atomic E-state index is 0.0616. The molecule has 0 saturated carbocycles. The highest BCUT2D eigenvalue weighted by molar-refractivity contribution is 9.09. The van der Waals surface area contributed by atoms with Gasteiger partial charge in [-0.05, 0) is 18.1 Å². The highest BCUT2D eigenvalue weighted by Crippen LogP contribution is 2.25. The summed E-state index contributed by atoms with van der Waals surface area (Å²) in [6.07, 6.45) is 2.30. The Hall–Kier alpha value is -1.14. The van der Waals surface area contributed by atoms with Crippen LogP contribution in [0.2, 0.25) is 5.02 Å². The summed E-state index contributed by atoms with van der Waals surface area (Å²) >= 11 is 9.44. The van der Waals surface area contributed by atoms with E-state index in [9.17, 15) is 4.79 Å². The number of carbonyl (C=O) groups is 1. The van der Waals surface area contributed by atoms with E-state index in [4.69, 9.17) is 11.6 Å². The summed E-state index contributed by atoms with van der Waals surface area (Å²) in [5.41, 5.74) is 0.573. The van der Waals surface area contributed by atoms with Crippen LogP contribution in [0.1, 0.15) is 6.42 Å². The fourth-order valence-electron chi connectivity index (χ4n) is 2.05. The number of alkyl halides is 1. The molecule has 1 fully saturated rings. The largest absolute Gasteiger partial charge is 0.279 e. The monoisotopic (exact) mass is 328 g/mol. The number of hydrogen-bond acceptors (Lipinski definition) is 3. The third-order valence-electron chi connectivity index (χ3n) is 2.97. The lowest BCUT2D eigenvalue weighted by atomic mass is 10.2. The number of hydrogen-bond donors (Lipinski definition) is 0. The maximum absolute atomic E-state index is 11.9. The van der Waals surface area contributed by atoms with Crippen molar-refractivity contribution >= 4 is 45.0 Å². The molecule has 1 aliphatic rings. The van der Waals surface area contributed by atoms with Crippen molar-refractivity contribution in [2.24, 2.45) is 5.92 Å². The van der Waals surface area contributed by atoms with Crippen molar-refractivity contribution in [2.45, 2.75) is 6.42 Å². The number of halogens is 2. The van der Waals surface area contributed by atoms with Gasteiger partial charge in [-0.3, -0.25) is 9.69 Å². The molecule has 3 heterocycles. The number of anilines is 1. The molecular formula is C11H10BrClN4O. The fraction of sp³-hybridized carbons (Fsp3) is 0.364. The maximum Gasteiger partial charge on any atom is 0.252 e. The van der Waals surface area contributed by atoms with E-state index < -0.39 is 0 Å². The third-order valence-corrected chi connectivity index (χ3v) is 4.18. The molecule has 0 aliphatic carbocycles. The Kier molecular flexibility index (Phi) is 2.99. The minimum atomic E-state index is 0.0616. The van der Waals surface area contributed by atoms with Crippen molar-refractivity contribution in [1.82, 2.24) is 14.6 Å². The molecule has 0 bridgehead atoms. The SMILES string of the molecule is O=C1CC(CBr)CN1c1nc2c(Cl)cccn2n1. The van der Waals surface area contributed by atoms with Crippen LogP contribution < -0.4 is 4.90 Å². The van der Waals surface area contributed by atoms with Gasteiger partial charge in [-0.25, -0.2) is 4.52 Å². The van der Waals surface area contributed by atoms with Gasteiger partial charge in [-0.15, -0.1) is 5.10 Å². The van der Waals surface area contributed by atoms with E-state index in [1.165, 1.54) is 0 Å². The molecule has 3 rings (SSSR count). The molecular weight excluding hydrogens is 320 g/mol. The first-order valence-corrected chi connectivity index (χ1v) is 7.06. The van der Waals surface area contributed by atoms with E-state index in [1.807, 2.05) is 0 Å². The van der Waals surface area contributed by atoms with Crippen LogP contribution >= 0.6 is 27.5 Å². The molecule has 7 heteroatoms. The molecule has 1 aliphatic heterocycles. The summed E-state index contributed by atoms with van der Waals surface area (Å²) in [5.74, 6) is 0.808. The van der Waals surface area contributed by atoms with E-state index in [0.717, 1.165) is 5.33 Å². The molecule has 2 aromatic rings. The van der Waals surface area contributed by atoms with E-state index in [1.54, 1.807) is 27.7 Å². The van der Waals surface area contributed by atoms with Crippen molar-refractivity contribution in [2.75, 3.05) is 16.8 Å². The van der Waals surface area contributed by atoms with E-state index >= 15 is 0 Å². The van der Waals surface area contributed by atoms with Crippen molar-refractivity contribution in [1.29, 1.82) is 0 Å². The van der Waals surface area contributed by atoms with Crippen LogP contribution in [0.5, 0.6) is 0 Å².